The summed E-state index contributed by atoms with van der Waals surface area (Å²) < 4.78 is 13.4. The molecule has 10 heteroatoms. The first-order valence-electron chi connectivity index (χ1n) is 9.83. The van der Waals surface area contributed by atoms with Crippen molar-refractivity contribution in [3.63, 3.8) is 0 Å². The van der Waals surface area contributed by atoms with Crippen LogP contribution in [0.15, 0.2) is 12.7 Å². The molecular formula is C21H33Cl3O7. The van der Waals surface area contributed by atoms with Gasteiger partial charge in [-0.25, -0.2) is 4.79 Å². The molecule has 0 aromatic rings. The summed E-state index contributed by atoms with van der Waals surface area (Å²) in [6.07, 6.45) is -1.74. The smallest absolute Gasteiger partial charge is 0.460 e. The van der Waals surface area contributed by atoms with Gasteiger partial charge >= 0.3 is 12.1 Å². The Morgan fingerprint density at radius 1 is 1.06 bits per heavy atom. The van der Waals surface area contributed by atoms with Crippen LogP contribution in [0.5, 0.6) is 0 Å². The van der Waals surface area contributed by atoms with Crippen molar-refractivity contribution < 1.29 is 33.7 Å². The van der Waals surface area contributed by atoms with Crippen molar-refractivity contribution in [1.29, 1.82) is 0 Å². The molecule has 0 saturated heterocycles. The summed E-state index contributed by atoms with van der Waals surface area (Å²) >= 11 is 16.7. The maximum Gasteiger partial charge on any atom is 0.508 e. The molecule has 180 valence electrons. The molecule has 0 spiro atoms. The molecule has 1 N–H and O–H groups in total. The molecule has 3 atom stereocenters. The first-order valence-corrected chi connectivity index (χ1v) is 11.0. The molecular weight excluding hydrogens is 471 g/mol. The number of aliphatic hydroxyl groups is 1. The SMILES string of the molecule is C=CC[C@H](C)[C@@H](CC(=O)C(C)(C)C(O)CC(=O)OC(C)(C)C)OC(=O)OCC(Cl)(Cl)Cl. The molecule has 31 heavy (non-hydrogen) atoms. The molecule has 0 amide bonds. The lowest BCUT2D eigenvalue weighted by Gasteiger charge is -2.32. The Bertz CT molecular complexity index is 636. The van der Waals surface area contributed by atoms with Gasteiger partial charge in [0.2, 0.25) is 3.79 Å². The highest BCUT2D eigenvalue weighted by Gasteiger charge is 2.40. The topological polar surface area (TPSA) is 99.1 Å². The number of halogens is 3. The number of esters is 1. The van der Waals surface area contributed by atoms with Crippen molar-refractivity contribution in [2.45, 2.75) is 82.4 Å². The second kappa shape index (κ2) is 12.3. The zero-order valence-corrected chi connectivity index (χ0v) is 21.1. The lowest BCUT2D eigenvalue weighted by molar-refractivity contribution is -0.159. The number of ether oxygens (including phenoxy) is 3. The Morgan fingerprint density at radius 2 is 1.61 bits per heavy atom. The van der Waals surface area contributed by atoms with Crippen LogP contribution < -0.4 is 0 Å². The van der Waals surface area contributed by atoms with Crippen molar-refractivity contribution in [2.24, 2.45) is 11.3 Å². The van der Waals surface area contributed by atoms with E-state index in [1.165, 1.54) is 13.8 Å². The number of alkyl halides is 3. The van der Waals surface area contributed by atoms with Crippen LogP contribution in [0.3, 0.4) is 0 Å². The van der Waals surface area contributed by atoms with Gasteiger partial charge in [0.05, 0.1) is 12.5 Å². The van der Waals surface area contributed by atoms with Crippen LogP contribution in [-0.2, 0) is 23.8 Å². The minimum absolute atomic E-state index is 0.212. The molecule has 0 aliphatic rings. The summed E-state index contributed by atoms with van der Waals surface area (Å²) in [6.45, 7) is 13.0. The number of aliphatic hydroxyl groups excluding tert-OH is 1. The first-order chi connectivity index (χ1) is 13.9. The Kier molecular flexibility index (Phi) is 11.9. The summed E-state index contributed by atoms with van der Waals surface area (Å²) in [5.41, 5.74) is -2.01. The van der Waals surface area contributed by atoms with Gasteiger partial charge in [-0.05, 0) is 33.1 Å². The third-order valence-corrected chi connectivity index (χ3v) is 4.82. The van der Waals surface area contributed by atoms with Gasteiger partial charge in [0.15, 0.2) is 0 Å². The molecule has 0 aliphatic carbocycles. The van der Waals surface area contributed by atoms with E-state index in [4.69, 9.17) is 49.0 Å². The number of Topliss-reactive ketones (excluding diaryl/α,β-unsaturated/α-hetero) is 1. The fourth-order valence-corrected chi connectivity index (χ4v) is 2.66. The molecule has 0 heterocycles. The molecule has 0 fully saturated rings. The average Bonchev–Trinajstić information content (AvgIpc) is 2.56. The summed E-state index contributed by atoms with van der Waals surface area (Å²) in [5.74, 6) is -1.30. The quantitative estimate of drug-likeness (QED) is 0.236. The second-order valence-electron chi connectivity index (χ2n) is 8.97. The molecule has 0 aliphatic heterocycles. The largest absolute Gasteiger partial charge is 0.508 e. The van der Waals surface area contributed by atoms with E-state index >= 15 is 0 Å². The average molecular weight is 504 g/mol. The standard InChI is InChI=1S/C21H33Cl3O7/c1-8-9-13(2)14(30-18(28)29-12-21(22,23)24)10-15(25)20(6,7)16(26)11-17(27)31-19(3,4)5/h8,13-14,16,26H,1,9-12H2,2-7H3/t13-,14+,16?/m0/s1. The Labute approximate surface area is 199 Å². The highest BCUT2D eigenvalue weighted by molar-refractivity contribution is 6.67. The molecule has 1 unspecified atom stereocenters. The van der Waals surface area contributed by atoms with Crippen LogP contribution in [0, 0.1) is 11.3 Å². The van der Waals surface area contributed by atoms with E-state index in [1.54, 1.807) is 33.8 Å². The second-order valence-corrected chi connectivity index (χ2v) is 11.5. The predicted octanol–water partition coefficient (Wildman–Crippen LogP) is 5.17. The molecule has 0 rings (SSSR count). The third-order valence-electron chi connectivity index (χ3n) is 4.49. The number of hydrogen-bond acceptors (Lipinski definition) is 7. The van der Waals surface area contributed by atoms with Crippen LogP contribution in [-0.4, -0.2) is 51.2 Å². The number of carbonyl (C=O) groups is 3. The van der Waals surface area contributed by atoms with E-state index in [0.717, 1.165) is 0 Å². The number of carbonyl (C=O) groups excluding carboxylic acids is 3. The Morgan fingerprint density at radius 3 is 2.06 bits per heavy atom. The van der Waals surface area contributed by atoms with Gasteiger partial charge in [-0.2, -0.15) is 0 Å². The maximum atomic E-state index is 13.0. The van der Waals surface area contributed by atoms with Crippen LogP contribution in [0.25, 0.3) is 0 Å². The van der Waals surface area contributed by atoms with Crippen LogP contribution >= 0.6 is 34.8 Å². The van der Waals surface area contributed by atoms with E-state index in [-0.39, 0.29) is 18.8 Å². The Balaban J connectivity index is 5.22. The molecule has 0 radical (unpaired) electrons. The van der Waals surface area contributed by atoms with Gasteiger partial charge in [0.1, 0.15) is 24.1 Å². The van der Waals surface area contributed by atoms with E-state index in [1.807, 2.05) is 0 Å². The number of hydrogen-bond donors (Lipinski definition) is 1. The van der Waals surface area contributed by atoms with Gasteiger partial charge in [-0.3, -0.25) is 9.59 Å². The highest BCUT2D eigenvalue weighted by Crippen LogP contribution is 2.30. The molecule has 0 saturated carbocycles. The number of rotatable bonds is 11. The van der Waals surface area contributed by atoms with Crippen LogP contribution in [0.2, 0.25) is 0 Å². The summed E-state index contributed by atoms with van der Waals surface area (Å²) in [4.78, 5) is 37.0. The molecule has 0 aromatic heterocycles. The highest BCUT2D eigenvalue weighted by atomic mass is 35.6. The van der Waals surface area contributed by atoms with Crippen molar-refractivity contribution in [3.8, 4) is 0 Å². The van der Waals surface area contributed by atoms with Crippen LogP contribution in [0.4, 0.5) is 4.79 Å². The van der Waals surface area contributed by atoms with Crippen molar-refractivity contribution in [1.82, 2.24) is 0 Å². The minimum Gasteiger partial charge on any atom is -0.460 e. The molecule has 7 nitrogen and oxygen atoms in total. The Hall–Kier alpha value is -1.02. The lowest BCUT2D eigenvalue weighted by atomic mass is 9.77. The predicted molar refractivity (Wildman–Crippen MR) is 120 cm³/mol. The summed E-state index contributed by atoms with van der Waals surface area (Å²) in [6, 6.07) is 0. The first kappa shape index (κ1) is 30.0. The van der Waals surface area contributed by atoms with Crippen LogP contribution in [0.1, 0.15) is 60.8 Å². The monoisotopic (exact) mass is 502 g/mol. The van der Waals surface area contributed by atoms with Crippen molar-refractivity contribution >= 4 is 52.7 Å². The van der Waals surface area contributed by atoms with Gasteiger partial charge in [-0.1, -0.05) is 61.7 Å². The molecule has 0 bridgehead atoms. The number of allylic oxidation sites excluding steroid dienone is 1. The van der Waals surface area contributed by atoms with E-state index in [0.29, 0.717) is 6.42 Å². The summed E-state index contributed by atoms with van der Waals surface area (Å²) in [5, 5.41) is 10.5. The minimum atomic E-state index is -1.80. The fourth-order valence-electron chi connectivity index (χ4n) is 2.50. The van der Waals surface area contributed by atoms with Gasteiger partial charge in [0.25, 0.3) is 0 Å². The fraction of sp³-hybridized carbons (Fsp3) is 0.762. The number of ketones is 1. The lowest BCUT2D eigenvalue weighted by Crippen LogP contribution is -2.42. The van der Waals surface area contributed by atoms with Gasteiger partial charge in [0, 0.05) is 11.8 Å². The van der Waals surface area contributed by atoms with Gasteiger partial charge < -0.3 is 19.3 Å². The van der Waals surface area contributed by atoms with E-state index in [2.05, 4.69) is 6.58 Å². The van der Waals surface area contributed by atoms with Crippen molar-refractivity contribution in [3.05, 3.63) is 12.7 Å². The van der Waals surface area contributed by atoms with Gasteiger partial charge in [-0.15, -0.1) is 6.58 Å². The van der Waals surface area contributed by atoms with E-state index in [9.17, 15) is 19.5 Å². The molecule has 0 aromatic carbocycles. The zero-order valence-electron chi connectivity index (χ0n) is 18.9. The third kappa shape index (κ3) is 12.6. The zero-order chi connectivity index (χ0) is 24.6. The van der Waals surface area contributed by atoms with E-state index < -0.39 is 51.5 Å². The van der Waals surface area contributed by atoms with Crippen molar-refractivity contribution in [2.75, 3.05) is 6.61 Å². The normalized spacial score (nSPS) is 15.4. The summed E-state index contributed by atoms with van der Waals surface area (Å²) in [7, 11) is 0. The maximum absolute atomic E-state index is 13.0.